The van der Waals surface area contributed by atoms with Crippen LogP contribution >= 0.6 is 0 Å². The molecule has 0 amide bonds. The van der Waals surface area contributed by atoms with Crippen molar-refractivity contribution in [3.05, 3.63) is 45.8 Å². The van der Waals surface area contributed by atoms with Crippen molar-refractivity contribution >= 4 is 18.4 Å². The Kier molecular flexibility index (Phi) is 12.5. The Hall–Kier alpha value is -0.351. The van der Waals surface area contributed by atoms with Gasteiger partial charge in [-0.15, -0.1) is 0 Å². The zero-order chi connectivity index (χ0) is 18.4. The molecule has 3 heteroatoms. The first-order chi connectivity index (χ1) is 12.2. The van der Waals surface area contributed by atoms with Gasteiger partial charge in [0.15, 0.2) is 0 Å². The Balaban J connectivity index is 2.70. The average Bonchev–Trinajstić information content (AvgIpc) is 2.65. The molecule has 0 heterocycles. The van der Waals surface area contributed by atoms with Crippen molar-refractivity contribution in [2.45, 2.75) is 79.2 Å². The zero-order valence-corrected chi connectivity index (χ0v) is 19.4. The minimum atomic E-state index is -2.85. The second-order valence-corrected chi connectivity index (χ2v) is 20.1. The molecular formula is C22H37FOSn. The van der Waals surface area contributed by atoms with Gasteiger partial charge in [-0.25, -0.2) is 0 Å². The van der Waals surface area contributed by atoms with Crippen LogP contribution in [0.1, 0.15) is 64.9 Å². The van der Waals surface area contributed by atoms with Crippen LogP contribution in [0.25, 0.3) is 0 Å². The molecule has 0 bridgehead atoms. The van der Waals surface area contributed by atoms with Crippen LogP contribution in [0, 0.1) is 0 Å². The van der Waals surface area contributed by atoms with E-state index in [4.69, 9.17) is 4.74 Å². The first kappa shape index (κ1) is 22.7. The molecule has 1 nitrogen and oxygen atoms in total. The Labute approximate surface area is 158 Å². The van der Waals surface area contributed by atoms with Crippen LogP contribution in [0.5, 0.6) is 0 Å². The summed E-state index contributed by atoms with van der Waals surface area (Å²) in [7, 11) is 0. The molecule has 0 N–H and O–H groups in total. The Bertz CT molecular complexity index is 450. The van der Waals surface area contributed by atoms with E-state index in [0.717, 1.165) is 5.56 Å². The molecule has 0 fully saturated rings. The molecule has 25 heavy (non-hydrogen) atoms. The van der Waals surface area contributed by atoms with Gasteiger partial charge in [0.2, 0.25) is 0 Å². The van der Waals surface area contributed by atoms with Crippen LogP contribution < -0.4 is 0 Å². The van der Waals surface area contributed by atoms with Crippen molar-refractivity contribution in [2.75, 3.05) is 6.61 Å². The van der Waals surface area contributed by atoms with Crippen molar-refractivity contribution in [2.24, 2.45) is 0 Å². The predicted octanol–water partition coefficient (Wildman–Crippen LogP) is 7.44. The van der Waals surface area contributed by atoms with Crippen LogP contribution in [0.15, 0.2) is 40.3 Å². The van der Waals surface area contributed by atoms with Crippen LogP contribution in [-0.2, 0) is 11.3 Å². The molecule has 1 rings (SSSR count). The van der Waals surface area contributed by atoms with Crippen molar-refractivity contribution < 1.29 is 9.13 Å². The van der Waals surface area contributed by atoms with Gasteiger partial charge in [0.05, 0.1) is 0 Å². The second-order valence-electron chi connectivity index (χ2n) is 7.14. The van der Waals surface area contributed by atoms with E-state index in [9.17, 15) is 0 Å². The molecule has 0 spiro atoms. The van der Waals surface area contributed by atoms with E-state index in [2.05, 4.69) is 20.8 Å². The Morgan fingerprint density at radius 1 is 0.920 bits per heavy atom. The van der Waals surface area contributed by atoms with E-state index < -0.39 is 18.4 Å². The van der Waals surface area contributed by atoms with Gasteiger partial charge >= 0.3 is 159 Å². The van der Waals surface area contributed by atoms with Gasteiger partial charge < -0.3 is 0 Å². The first-order valence-electron chi connectivity index (χ1n) is 10.2. The zero-order valence-electron chi connectivity index (χ0n) is 16.5. The predicted molar refractivity (Wildman–Crippen MR) is 110 cm³/mol. The van der Waals surface area contributed by atoms with Crippen molar-refractivity contribution in [3.63, 3.8) is 0 Å². The Morgan fingerprint density at radius 3 is 1.92 bits per heavy atom. The van der Waals surface area contributed by atoms with Gasteiger partial charge in [0, 0.05) is 0 Å². The summed E-state index contributed by atoms with van der Waals surface area (Å²) < 4.78 is 24.8. The van der Waals surface area contributed by atoms with E-state index in [1.54, 1.807) is 6.08 Å². The normalized spacial score (nSPS) is 12.6. The number of halogens is 1. The molecule has 0 unspecified atom stereocenters. The van der Waals surface area contributed by atoms with Gasteiger partial charge in [0.25, 0.3) is 0 Å². The molecule has 0 atom stereocenters. The summed E-state index contributed by atoms with van der Waals surface area (Å²) in [5.74, 6) is 0. The molecule has 0 aliphatic heterocycles. The number of rotatable bonds is 14. The third kappa shape index (κ3) is 8.72. The van der Waals surface area contributed by atoms with Gasteiger partial charge in [-0.2, -0.15) is 0 Å². The average molecular weight is 455 g/mol. The summed E-state index contributed by atoms with van der Waals surface area (Å²) >= 11 is -2.85. The second kappa shape index (κ2) is 13.8. The van der Waals surface area contributed by atoms with Crippen LogP contribution in [0.2, 0.25) is 13.3 Å². The maximum absolute atomic E-state index is 15.3. The number of unbranched alkanes of at least 4 members (excludes halogenated alkanes) is 3. The molecule has 1 aromatic rings. The molecule has 0 aromatic heterocycles. The molecule has 0 saturated heterocycles. The third-order valence-electron chi connectivity index (χ3n) is 5.03. The topological polar surface area (TPSA) is 9.23 Å². The molecule has 142 valence electrons. The number of hydrogen-bond acceptors (Lipinski definition) is 1. The monoisotopic (exact) mass is 456 g/mol. The fourth-order valence-corrected chi connectivity index (χ4v) is 17.9. The molecule has 0 saturated carbocycles. The summed E-state index contributed by atoms with van der Waals surface area (Å²) in [4.78, 5) is 0. The number of hydrogen-bond donors (Lipinski definition) is 0. The summed E-state index contributed by atoms with van der Waals surface area (Å²) in [6, 6.07) is 10.1. The maximum atomic E-state index is 15.3. The number of benzene rings is 1. The fourth-order valence-electron chi connectivity index (χ4n) is 3.38. The van der Waals surface area contributed by atoms with E-state index in [1.165, 1.54) is 51.8 Å². The Morgan fingerprint density at radius 2 is 1.44 bits per heavy atom. The minimum absolute atomic E-state index is 0.276. The fraction of sp³-hybridized carbons (Fsp3) is 0.636. The molecule has 0 aliphatic carbocycles. The van der Waals surface area contributed by atoms with E-state index in [0.29, 0.717) is 13.2 Å². The van der Waals surface area contributed by atoms with Crippen molar-refractivity contribution in [3.8, 4) is 0 Å². The SMILES string of the molecule is CCC[CH2][Sn]([CH2]CCC)([CH2]CCC)/[C](F)=C/COCc1ccccc1. The summed E-state index contributed by atoms with van der Waals surface area (Å²) in [5, 5.41) is 0. The van der Waals surface area contributed by atoms with Gasteiger partial charge in [-0.1, -0.05) is 0 Å². The van der Waals surface area contributed by atoms with Gasteiger partial charge in [-0.05, 0) is 0 Å². The van der Waals surface area contributed by atoms with Crippen LogP contribution in [-0.4, -0.2) is 25.0 Å². The summed E-state index contributed by atoms with van der Waals surface area (Å²) in [5.41, 5.74) is 1.15. The standard InChI is InChI=1S/C10H10FO.3C4H9.Sn/c11-7-4-8-12-9-10-5-2-1-3-6-10;3*1-3-4-2;/h1-6H,8-9H2;3*1,3-4H2,2H3;. The molecule has 0 aliphatic rings. The van der Waals surface area contributed by atoms with Crippen LogP contribution in [0.4, 0.5) is 4.39 Å². The summed E-state index contributed by atoms with van der Waals surface area (Å²) in [6.45, 7) is 7.64. The first-order valence-corrected chi connectivity index (χ1v) is 17.6. The van der Waals surface area contributed by atoms with Crippen LogP contribution in [0.3, 0.4) is 0 Å². The third-order valence-corrected chi connectivity index (χ3v) is 19.7. The quantitative estimate of drug-likeness (QED) is 0.209. The van der Waals surface area contributed by atoms with E-state index in [1.807, 2.05) is 30.3 Å². The van der Waals surface area contributed by atoms with Gasteiger partial charge in [-0.3, -0.25) is 0 Å². The van der Waals surface area contributed by atoms with Crippen molar-refractivity contribution in [1.29, 1.82) is 0 Å². The molecular weight excluding hydrogens is 418 g/mol. The number of ether oxygens (including phenoxy) is 1. The molecule has 1 aromatic carbocycles. The summed E-state index contributed by atoms with van der Waals surface area (Å²) in [6.07, 6.45) is 8.89. The van der Waals surface area contributed by atoms with Crippen molar-refractivity contribution in [1.82, 2.24) is 0 Å². The van der Waals surface area contributed by atoms with E-state index in [-0.39, 0.29) is 3.84 Å². The van der Waals surface area contributed by atoms with Gasteiger partial charge in [0.1, 0.15) is 0 Å². The molecule has 0 radical (unpaired) electrons. The van der Waals surface area contributed by atoms with E-state index >= 15 is 4.39 Å².